The van der Waals surface area contributed by atoms with Gasteiger partial charge in [0, 0.05) is 11.8 Å². The van der Waals surface area contributed by atoms with Crippen molar-refractivity contribution in [2.24, 2.45) is 7.05 Å². The van der Waals surface area contributed by atoms with Gasteiger partial charge in [-0.25, -0.2) is 0 Å². The topological polar surface area (TPSA) is 73.1 Å². The molecule has 0 radical (unpaired) electrons. The molecule has 0 aliphatic heterocycles. The molecule has 1 atom stereocenters. The average molecular weight is 284 g/mol. The SMILES string of the molecule is COc1ccc(C(O)Cc2nnn(C)n2)c2ccccc12. The van der Waals surface area contributed by atoms with Gasteiger partial charge in [-0.3, -0.25) is 0 Å². The second-order valence-corrected chi connectivity index (χ2v) is 4.82. The fourth-order valence-corrected chi connectivity index (χ4v) is 2.45. The Balaban J connectivity index is 2.00. The van der Waals surface area contributed by atoms with Crippen molar-refractivity contribution in [1.82, 2.24) is 20.2 Å². The molecular formula is C15H16N4O2. The van der Waals surface area contributed by atoms with Crippen LogP contribution in [0.3, 0.4) is 0 Å². The van der Waals surface area contributed by atoms with Crippen LogP contribution in [0.4, 0.5) is 0 Å². The monoisotopic (exact) mass is 284 g/mol. The number of hydrogen-bond acceptors (Lipinski definition) is 5. The van der Waals surface area contributed by atoms with Crippen LogP contribution >= 0.6 is 0 Å². The summed E-state index contributed by atoms with van der Waals surface area (Å²) in [6, 6.07) is 11.6. The number of aliphatic hydroxyl groups is 1. The molecule has 108 valence electrons. The van der Waals surface area contributed by atoms with Crippen molar-refractivity contribution < 1.29 is 9.84 Å². The molecule has 3 rings (SSSR count). The quantitative estimate of drug-likeness (QED) is 0.788. The molecule has 0 spiro atoms. The minimum atomic E-state index is -0.690. The minimum absolute atomic E-state index is 0.324. The highest BCUT2D eigenvalue weighted by atomic mass is 16.5. The standard InChI is InChI=1S/C15H16N4O2/c1-19-17-15(16-18-19)9-13(20)11-7-8-14(21-2)12-6-4-3-5-10(11)12/h3-8,13,20H,9H2,1-2H3. The first-order chi connectivity index (χ1) is 10.2. The Bertz CT molecular complexity index is 769. The van der Waals surface area contributed by atoms with Crippen molar-refractivity contribution in [3.8, 4) is 5.75 Å². The van der Waals surface area contributed by atoms with Gasteiger partial charge in [-0.1, -0.05) is 30.3 Å². The lowest BCUT2D eigenvalue weighted by Crippen LogP contribution is -2.05. The van der Waals surface area contributed by atoms with Crippen molar-refractivity contribution in [1.29, 1.82) is 0 Å². The fourth-order valence-electron chi connectivity index (χ4n) is 2.45. The Kier molecular flexibility index (Phi) is 3.53. The third-order valence-electron chi connectivity index (χ3n) is 3.42. The highest BCUT2D eigenvalue weighted by molar-refractivity contribution is 5.91. The van der Waals surface area contributed by atoms with Crippen LogP contribution in [0.25, 0.3) is 10.8 Å². The number of aromatic nitrogens is 4. The lowest BCUT2D eigenvalue weighted by Gasteiger charge is -2.14. The number of rotatable bonds is 4. The maximum absolute atomic E-state index is 10.5. The van der Waals surface area contributed by atoms with Gasteiger partial charge in [0.2, 0.25) is 0 Å². The van der Waals surface area contributed by atoms with Crippen molar-refractivity contribution in [3.05, 3.63) is 47.8 Å². The van der Waals surface area contributed by atoms with Gasteiger partial charge in [-0.05, 0) is 22.2 Å². The van der Waals surface area contributed by atoms with Crippen LogP contribution in [-0.2, 0) is 13.5 Å². The number of aliphatic hydroxyl groups excluding tert-OH is 1. The molecule has 1 heterocycles. The number of benzene rings is 2. The first-order valence-electron chi connectivity index (χ1n) is 6.65. The van der Waals surface area contributed by atoms with Crippen molar-refractivity contribution in [3.63, 3.8) is 0 Å². The van der Waals surface area contributed by atoms with Crippen LogP contribution in [0.1, 0.15) is 17.5 Å². The number of methoxy groups -OCH3 is 1. The summed E-state index contributed by atoms with van der Waals surface area (Å²) < 4.78 is 5.36. The van der Waals surface area contributed by atoms with Gasteiger partial charge in [-0.15, -0.1) is 10.2 Å². The number of aryl methyl sites for hydroxylation is 1. The zero-order chi connectivity index (χ0) is 14.8. The van der Waals surface area contributed by atoms with Crippen LogP contribution in [0.2, 0.25) is 0 Å². The molecule has 2 aromatic carbocycles. The molecule has 0 saturated carbocycles. The number of fused-ring (bicyclic) bond motifs is 1. The number of hydrogen-bond donors (Lipinski definition) is 1. The highest BCUT2D eigenvalue weighted by Gasteiger charge is 2.16. The van der Waals surface area contributed by atoms with Gasteiger partial charge in [0.15, 0.2) is 5.82 Å². The third-order valence-corrected chi connectivity index (χ3v) is 3.42. The minimum Gasteiger partial charge on any atom is -0.496 e. The normalized spacial score (nSPS) is 12.5. The number of tetrazole rings is 1. The van der Waals surface area contributed by atoms with E-state index >= 15 is 0 Å². The van der Waals surface area contributed by atoms with Crippen LogP contribution < -0.4 is 4.74 Å². The molecule has 1 aromatic heterocycles. The summed E-state index contributed by atoms with van der Waals surface area (Å²) in [5.74, 6) is 1.31. The van der Waals surface area contributed by atoms with Gasteiger partial charge >= 0.3 is 0 Å². The Labute approximate surface area is 122 Å². The maximum Gasteiger partial charge on any atom is 0.177 e. The second-order valence-electron chi connectivity index (χ2n) is 4.82. The largest absolute Gasteiger partial charge is 0.496 e. The van der Waals surface area contributed by atoms with E-state index in [4.69, 9.17) is 4.74 Å². The fraction of sp³-hybridized carbons (Fsp3) is 0.267. The van der Waals surface area contributed by atoms with E-state index in [9.17, 15) is 5.11 Å². The molecule has 0 amide bonds. The molecule has 6 heteroatoms. The second kappa shape index (κ2) is 5.49. The van der Waals surface area contributed by atoms with Gasteiger partial charge in [0.1, 0.15) is 5.75 Å². The molecule has 0 bridgehead atoms. The summed E-state index contributed by atoms with van der Waals surface area (Å²) in [5.41, 5.74) is 0.832. The molecule has 0 fully saturated rings. The molecule has 21 heavy (non-hydrogen) atoms. The molecular weight excluding hydrogens is 268 g/mol. The highest BCUT2D eigenvalue weighted by Crippen LogP contribution is 2.32. The van der Waals surface area contributed by atoms with Crippen molar-refractivity contribution in [2.75, 3.05) is 7.11 Å². The Morgan fingerprint density at radius 2 is 1.95 bits per heavy atom. The summed E-state index contributed by atoms with van der Waals surface area (Å²) in [4.78, 5) is 1.38. The van der Waals surface area contributed by atoms with E-state index in [1.54, 1.807) is 14.2 Å². The molecule has 6 nitrogen and oxygen atoms in total. The van der Waals surface area contributed by atoms with Crippen LogP contribution in [0, 0.1) is 0 Å². The van der Waals surface area contributed by atoms with E-state index in [0.717, 1.165) is 22.1 Å². The summed E-state index contributed by atoms with van der Waals surface area (Å²) in [5, 5.41) is 24.2. The Morgan fingerprint density at radius 3 is 2.62 bits per heavy atom. The van der Waals surface area contributed by atoms with E-state index in [2.05, 4.69) is 15.4 Å². The zero-order valence-electron chi connectivity index (χ0n) is 11.9. The Morgan fingerprint density at radius 1 is 1.19 bits per heavy atom. The predicted octanol–water partition coefficient (Wildman–Crippen LogP) is 1.65. The van der Waals surface area contributed by atoms with Gasteiger partial charge < -0.3 is 9.84 Å². The lowest BCUT2D eigenvalue weighted by molar-refractivity contribution is 0.177. The first-order valence-corrected chi connectivity index (χ1v) is 6.65. The van der Waals surface area contributed by atoms with Gasteiger partial charge in [0.05, 0.1) is 20.3 Å². The van der Waals surface area contributed by atoms with Crippen LogP contribution in [-0.4, -0.2) is 32.4 Å². The summed E-state index contributed by atoms with van der Waals surface area (Å²) in [7, 11) is 3.34. The lowest BCUT2D eigenvalue weighted by atomic mass is 9.98. The molecule has 3 aromatic rings. The molecule has 0 aliphatic rings. The number of ether oxygens (including phenoxy) is 1. The zero-order valence-corrected chi connectivity index (χ0v) is 11.9. The number of nitrogens with zero attached hydrogens (tertiary/aromatic N) is 4. The summed E-state index contributed by atoms with van der Waals surface area (Å²) >= 11 is 0. The van der Waals surface area contributed by atoms with Gasteiger partial charge in [-0.2, -0.15) is 4.80 Å². The van der Waals surface area contributed by atoms with E-state index in [0.29, 0.717) is 12.2 Å². The summed E-state index contributed by atoms with van der Waals surface area (Å²) in [6.45, 7) is 0. The van der Waals surface area contributed by atoms with E-state index in [1.165, 1.54) is 4.80 Å². The molecule has 1 unspecified atom stereocenters. The smallest absolute Gasteiger partial charge is 0.177 e. The molecule has 0 aliphatic carbocycles. The predicted molar refractivity (Wildman–Crippen MR) is 78.0 cm³/mol. The first kappa shape index (κ1) is 13.5. The van der Waals surface area contributed by atoms with Crippen LogP contribution in [0.15, 0.2) is 36.4 Å². The van der Waals surface area contributed by atoms with E-state index in [-0.39, 0.29) is 0 Å². The molecule has 1 N–H and O–H groups in total. The average Bonchev–Trinajstić information content (AvgIpc) is 2.91. The van der Waals surface area contributed by atoms with E-state index in [1.807, 2.05) is 36.4 Å². The Hall–Kier alpha value is -2.47. The van der Waals surface area contributed by atoms with Crippen molar-refractivity contribution >= 4 is 10.8 Å². The molecule has 0 saturated heterocycles. The van der Waals surface area contributed by atoms with Crippen LogP contribution in [0.5, 0.6) is 5.75 Å². The third kappa shape index (κ3) is 2.57. The summed E-state index contributed by atoms with van der Waals surface area (Å²) in [6.07, 6.45) is -0.366. The van der Waals surface area contributed by atoms with Gasteiger partial charge in [0.25, 0.3) is 0 Å². The maximum atomic E-state index is 10.5. The van der Waals surface area contributed by atoms with E-state index < -0.39 is 6.10 Å². The van der Waals surface area contributed by atoms with Crippen molar-refractivity contribution in [2.45, 2.75) is 12.5 Å².